The van der Waals surface area contributed by atoms with Crippen LogP contribution in [0.25, 0.3) is 21.6 Å². The Morgan fingerprint density at radius 1 is 1.00 bits per heavy atom. The van der Waals surface area contributed by atoms with Crippen molar-refractivity contribution in [2.24, 2.45) is 0 Å². The number of benzene rings is 3. The van der Waals surface area contributed by atoms with E-state index in [-0.39, 0.29) is 42.5 Å². The summed E-state index contributed by atoms with van der Waals surface area (Å²) in [5, 5.41) is 3.41. The number of hydrogen-bond donors (Lipinski definition) is 1. The lowest BCUT2D eigenvalue weighted by atomic mass is 10.1. The number of rotatable bonds is 9. The minimum absolute atomic E-state index is 0.0111. The zero-order chi connectivity index (χ0) is 32.1. The van der Waals surface area contributed by atoms with Crippen molar-refractivity contribution < 1.29 is 23.5 Å². The van der Waals surface area contributed by atoms with Gasteiger partial charge < -0.3 is 19.2 Å². The highest BCUT2D eigenvalue weighted by molar-refractivity contribution is 9.10. The average molecular weight is 691 g/mol. The minimum Gasteiger partial charge on any atom is -0.481 e. The molecule has 0 aliphatic rings. The number of thiazole rings is 1. The number of halogens is 1. The molecule has 2 aromatic heterocycles. The Labute approximate surface area is 272 Å². The van der Waals surface area contributed by atoms with Crippen molar-refractivity contribution in [1.82, 2.24) is 10.3 Å². The summed E-state index contributed by atoms with van der Waals surface area (Å²) in [6.45, 7) is 7.44. The quantitative estimate of drug-likeness (QED) is 0.168. The topological polar surface area (TPSA) is 111 Å². The lowest BCUT2D eigenvalue weighted by Gasteiger charge is -2.25. The molecule has 5 rings (SSSR count). The monoisotopic (exact) mass is 689 g/mol. The normalized spacial score (nSPS) is 11.3. The molecule has 0 unspecified atom stereocenters. The Bertz CT molecular complexity index is 1880. The Kier molecular flexibility index (Phi) is 9.69. The number of ether oxygens (including phenoxy) is 2. The number of anilines is 1. The summed E-state index contributed by atoms with van der Waals surface area (Å²) in [6, 6.07) is 22.5. The molecule has 0 aliphatic carbocycles. The maximum atomic E-state index is 14.0. The molecule has 9 nitrogen and oxygen atoms in total. The third kappa shape index (κ3) is 7.98. The predicted molar refractivity (Wildman–Crippen MR) is 178 cm³/mol. The Morgan fingerprint density at radius 2 is 1.67 bits per heavy atom. The molecule has 0 aliphatic heterocycles. The van der Waals surface area contributed by atoms with E-state index in [4.69, 9.17) is 13.9 Å². The second-order valence-corrected chi connectivity index (χ2v) is 13.2. The van der Waals surface area contributed by atoms with Gasteiger partial charge in [0, 0.05) is 13.5 Å². The Morgan fingerprint density at radius 3 is 2.31 bits per heavy atom. The van der Waals surface area contributed by atoms with Crippen molar-refractivity contribution >= 4 is 55.4 Å². The number of carbonyl (C=O) groups is 2. The number of aromatic nitrogens is 1. The first-order valence-corrected chi connectivity index (χ1v) is 15.8. The fourth-order valence-electron chi connectivity index (χ4n) is 4.44. The van der Waals surface area contributed by atoms with E-state index in [0.29, 0.717) is 31.0 Å². The largest absolute Gasteiger partial charge is 0.481 e. The van der Waals surface area contributed by atoms with Crippen LogP contribution >= 0.6 is 27.3 Å². The molecular formula is C34H32BrN3O6S. The number of amides is 2. The molecule has 45 heavy (non-hydrogen) atoms. The average Bonchev–Trinajstić information content (AvgIpc) is 3.48. The third-order valence-electron chi connectivity index (χ3n) is 6.48. The summed E-state index contributed by atoms with van der Waals surface area (Å²) in [5.74, 6) is 0.0116. The van der Waals surface area contributed by atoms with Crippen molar-refractivity contribution in [3.63, 3.8) is 0 Å². The lowest BCUT2D eigenvalue weighted by Crippen LogP contribution is -2.36. The van der Waals surface area contributed by atoms with Crippen LogP contribution in [0.15, 0.2) is 92.7 Å². The van der Waals surface area contributed by atoms with Gasteiger partial charge in [0.05, 0.1) is 27.5 Å². The molecule has 232 valence electrons. The van der Waals surface area contributed by atoms with Gasteiger partial charge in [-0.15, -0.1) is 0 Å². The van der Waals surface area contributed by atoms with Gasteiger partial charge in [-0.05, 0) is 65.5 Å². The summed E-state index contributed by atoms with van der Waals surface area (Å²) in [5.41, 5.74) is 1.69. The van der Waals surface area contributed by atoms with Crippen LogP contribution in [0.2, 0.25) is 0 Å². The van der Waals surface area contributed by atoms with Crippen LogP contribution in [0.4, 0.5) is 9.93 Å². The molecule has 0 fully saturated rings. The van der Waals surface area contributed by atoms with Crippen LogP contribution in [0.1, 0.15) is 44.4 Å². The first-order chi connectivity index (χ1) is 21.5. The maximum Gasteiger partial charge on any atom is 0.416 e. The van der Waals surface area contributed by atoms with E-state index in [9.17, 15) is 14.4 Å². The smallest absolute Gasteiger partial charge is 0.416 e. The van der Waals surface area contributed by atoms with Gasteiger partial charge in [0.1, 0.15) is 12.2 Å². The van der Waals surface area contributed by atoms with Crippen molar-refractivity contribution in [3.8, 4) is 16.4 Å². The number of hydrogen-bond acceptors (Lipinski definition) is 8. The molecule has 0 atom stereocenters. The van der Waals surface area contributed by atoms with Crippen molar-refractivity contribution in [3.05, 3.63) is 110 Å². The van der Waals surface area contributed by atoms with Gasteiger partial charge in [0.2, 0.25) is 17.1 Å². The van der Waals surface area contributed by atoms with Gasteiger partial charge in [-0.2, -0.15) is 0 Å². The van der Waals surface area contributed by atoms with Crippen LogP contribution < -0.4 is 20.4 Å². The molecule has 5 aromatic rings. The van der Waals surface area contributed by atoms with E-state index in [1.54, 1.807) is 39.1 Å². The number of fused-ring (bicyclic) bond motifs is 1. The van der Waals surface area contributed by atoms with E-state index in [1.165, 1.54) is 23.2 Å². The zero-order valence-electron chi connectivity index (χ0n) is 25.3. The van der Waals surface area contributed by atoms with Crippen molar-refractivity contribution in [2.45, 2.75) is 53.0 Å². The highest BCUT2D eigenvalue weighted by Crippen LogP contribution is 2.39. The van der Waals surface area contributed by atoms with Crippen molar-refractivity contribution in [2.75, 3.05) is 4.90 Å². The van der Waals surface area contributed by atoms with Crippen LogP contribution in [0, 0.1) is 0 Å². The third-order valence-corrected chi connectivity index (χ3v) is 8.09. The van der Waals surface area contributed by atoms with E-state index < -0.39 is 11.7 Å². The summed E-state index contributed by atoms with van der Waals surface area (Å²) in [7, 11) is 0. The molecule has 0 saturated carbocycles. The first kappa shape index (κ1) is 31.9. The molecule has 1 N–H and O–H groups in total. The van der Waals surface area contributed by atoms with Crippen LogP contribution in [-0.4, -0.2) is 22.6 Å². The molecule has 11 heteroatoms. The van der Waals surface area contributed by atoms with E-state index in [1.807, 2.05) is 60.7 Å². The van der Waals surface area contributed by atoms with E-state index >= 15 is 0 Å². The number of nitrogens with one attached hydrogen (secondary N) is 1. The highest BCUT2D eigenvalue weighted by Gasteiger charge is 2.28. The fraction of sp³-hybridized carbons (Fsp3) is 0.235. The van der Waals surface area contributed by atoms with Crippen LogP contribution in [-0.2, 0) is 29.2 Å². The summed E-state index contributed by atoms with van der Waals surface area (Å²) < 4.78 is 18.8. The second-order valence-electron chi connectivity index (χ2n) is 11.3. The molecule has 0 saturated heterocycles. The predicted octanol–water partition coefficient (Wildman–Crippen LogP) is 7.84. The molecule has 0 radical (unpaired) electrons. The SMILES string of the molecule is CC(=O)NCc1cc(Br)c2oc(-c3cnc(N(Cc4ccccc4)C(=O)OC(C)(C)C)s3)c(OCc3ccccc3)c(=O)c2c1. The standard InChI is InChI=1S/C34H32BrN3O6S/c1-21(39)36-17-24-15-25-28(40)31(42-20-23-13-9-6-10-14-23)30(43-29(25)26(35)16-24)27-18-37-32(45-27)38(33(41)44-34(2,3)4)19-22-11-7-5-8-12-22/h5-16,18H,17,19-20H2,1-4H3,(H,36,39). The molecule has 3 aromatic carbocycles. The maximum absolute atomic E-state index is 14.0. The first-order valence-electron chi connectivity index (χ1n) is 14.2. The van der Waals surface area contributed by atoms with Gasteiger partial charge in [-0.3, -0.25) is 9.59 Å². The van der Waals surface area contributed by atoms with Gasteiger partial charge in [-0.25, -0.2) is 14.7 Å². The Hall–Kier alpha value is -4.48. The second kappa shape index (κ2) is 13.7. The van der Waals surface area contributed by atoms with Crippen LogP contribution in [0.5, 0.6) is 5.75 Å². The summed E-state index contributed by atoms with van der Waals surface area (Å²) in [6.07, 6.45) is 1.00. The van der Waals surface area contributed by atoms with Gasteiger partial charge in [0.15, 0.2) is 16.5 Å². The molecule has 2 amide bonds. The Balaban J connectivity index is 1.60. The number of nitrogens with zero attached hydrogens (tertiary/aromatic N) is 2. The molecule has 0 spiro atoms. The molecular weight excluding hydrogens is 658 g/mol. The van der Waals surface area contributed by atoms with Crippen LogP contribution in [0.3, 0.4) is 0 Å². The minimum atomic E-state index is -0.721. The lowest BCUT2D eigenvalue weighted by molar-refractivity contribution is -0.119. The highest BCUT2D eigenvalue weighted by atomic mass is 79.9. The fourth-order valence-corrected chi connectivity index (χ4v) is 5.91. The van der Waals surface area contributed by atoms with Gasteiger partial charge in [-0.1, -0.05) is 72.0 Å². The summed E-state index contributed by atoms with van der Waals surface area (Å²) in [4.78, 5) is 45.4. The molecule has 0 bridgehead atoms. The number of carbonyl (C=O) groups excluding carboxylic acids is 2. The van der Waals surface area contributed by atoms with Gasteiger partial charge in [0.25, 0.3) is 0 Å². The summed E-state index contributed by atoms with van der Waals surface area (Å²) >= 11 is 4.72. The molecule has 2 heterocycles. The van der Waals surface area contributed by atoms with Gasteiger partial charge >= 0.3 is 6.09 Å². The van der Waals surface area contributed by atoms with E-state index in [2.05, 4.69) is 26.2 Å². The van der Waals surface area contributed by atoms with E-state index in [0.717, 1.165) is 11.1 Å². The zero-order valence-corrected chi connectivity index (χ0v) is 27.7. The van der Waals surface area contributed by atoms with Crippen molar-refractivity contribution in [1.29, 1.82) is 0 Å².